The highest BCUT2D eigenvalue weighted by Gasteiger charge is 2.23. The van der Waals surface area contributed by atoms with Gasteiger partial charge in [-0.1, -0.05) is 0 Å². The van der Waals surface area contributed by atoms with E-state index in [1.807, 2.05) is 6.07 Å². The van der Waals surface area contributed by atoms with Gasteiger partial charge in [0.25, 0.3) is 0 Å². The van der Waals surface area contributed by atoms with Crippen LogP contribution >= 0.6 is 0 Å². The van der Waals surface area contributed by atoms with E-state index in [1.54, 1.807) is 6.92 Å². The molecule has 98 valence electrons. The molecular formula is C11H12F2N2O2S. The smallest absolute Gasteiger partial charge is 0.207 e. The first-order chi connectivity index (χ1) is 8.28. The molecule has 0 bridgehead atoms. The molecule has 1 unspecified atom stereocenters. The number of nitriles is 1. The van der Waals surface area contributed by atoms with E-state index in [0.717, 1.165) is 16.4 Å². The van der Waals surface area contributed by atoms with Crippen LogP contribution in [0.2, 0.25) is 0 Å². The van der Waals surface area contributed by atoms with E-state index in [1.165, 1.54) is 7.05 Å². The lowest BCUT2D eigenvalue weighted by molar-refractivity contribution is 0.437. The van der Waals surface area contributed by atoms with Crippen molar-refractivity contribution in [2.24, 2.45) is 5.92 Å². The first kappa shape index (κ1) is 14.5. The van der Waals surface area contributed by atoms with Crippen molar-refractivity contribution in [2.45, 2.75) is 11.8 Å². The standard InChI is InChI=1S/C11H12F2N2O2S/c1-8(6-14)7-15(2)18(16,17)9-3-4-10(12)11(13)5-9/h3-5,8H,7H2,1-2H3. The van der Waals surface area contributed by atoms with Gasteiger partial charge in [0, 0.05) is 13.6 Å². The lowest BCUT2D eigenvalue weighted by atomic mass is 10.2. The summed E-state index contributed by atoms with van der Waals surface area (Å²) in [4.78, 5) is -0.339. The summed E-state index contributed by atoms with van der Waals surface area (Å²) in [6, 6.07) is 4.26. The van der Waals surface area contributed by atoms with Gasteiger partial charge in [-0.05, 0) is 25.1 Å². The molecule has 0 spiro atoms. The van der Waals surface area contributed by atoms with Gasteiger partial charge in [0.1, 0.15) is 0 Å². The zero-order valence-corrected chi connectivity index (χ0v) is 10.7. The highest BCUT2D eigenvalue weighted by Crippen LogP contribution is 2.18. The highest BCUT2D eigenvalue weighted by molar-refractivity contribution is 7.89. The van der Waals surface area contributed by atoms with Gasteiger partial charge in [-0.3, -0.25) is 0 Å². The Kier molecular flexibility index (Phi) is 4.38. The number of benzene rings is 1. The number of halogens is 2. The summed E-state index contributed by atoms with van der Waals surface area (Å²) in [5.74, 6) is -2.82. The van der Waals surface area contributed by atoms with Gasteiger partial charge >= 0.3 is 0 Å². The maximum absolute atomic E-state index is 13.0. The van der Waals surface area contributed by atoms with Crippen LogP contribution in [-0.4, -0.2) is 26.3 Å². The van der Waals surface area contributed by atoms with Crippen molar-refractivity contribution in [3.8, 4) is 6.07 Å². The number of sulfonamides is 1. The van der Waals surface area contributed by atoms with Gasteiger partial charge in [0.15, 0.2) is 11.6 Å². The second-order valence-corrected chi connectivity index (χ2v) is 5.94. The van der Waals surface area contributed by atoms with Gasteiger partial charge in [-0.2, -0.15) is 9.57 Å². The van der Waals surface area contributed by atoms with E-state index in [9.17, 15) is 17.2 Å². The fourth-order valence-corrected chi connectivity index (χ4v) is 2.61. The molecule has 0 aliphatic heterocycles. The minimum atomic E-state index is -3.91. The van der Waals surface area contributed by atoms with Crippen molar-refractivity contribution >= 4 is 10.0 Å². The van der Waals surface area contributed by atoms with Crippen LogP contribution in [0.4, 0.5) is 8.78 Å². The Bertz CT molecular complexity index is 581. The lowest BCUT2D eigenvalue weighted by Crippen LogP contribution is -2.30. The highest BCUT2D eigenvalue weighted by atomic mass is 32.2. The van der Waals surface area contributed by atoms with Crippen LogP contribution in [-0.2, 0) is 10.0 Å². The van der Waals surface area contributed by atoms with Crippen LogP contribution < -0.4 is 0 Å². The first-order valence-electron chi connectivity index (χ1n) is 5.10. The topological polar surface area (TPSA) is 61.2 Å². The fraction of sp³-hybridized carbons (Fsp3) is 0.364. The van der Waals surface area contributed by atoms with Crippen molar-refractivity contribution in [3.63, 3.8) is 0 Å². The van der Waals surface area contributed by atoms with Crippen molar-refractivity contribution in [1.29, 1.82) is 5.26 Å². The number of rotatable bonds is 4. The molecule has 0 fully saturated rings. The van der Waals surface area contributed by atoms with Crippen LogP contribution in [0.1, 0.15) is 6.92 Å². The van der Waals surface area contributed by atoms with Crippen LogP contribution in [0.15, 0.2) is 23.1 Å². The van der Waals surface area contributed by atoms with E-state index in [2.05, 4.69) is 0 Å². The molecule has 0 aliphatic rings. The summed E-state index contributed by atoms with van der Waals surface area (Å²) in [5, 5.41) is 8.62. The van der Waals surface area contributed by atoms with Crippen LogP contribution in [0.25, 0.3) is 0 Å². The Morgan fingerprint density at radius 2 is 2.00 bits per heavy atom. The third-order valence-electron chi connectivity index (χ3n) is 2.35. The molecule has 4 nitrogen and oxygen atoms in total. The average Bonchev–Trinajstić information content (AvgIpc) is 2.32. The van der Waals surface area contributed by atoms with Gasteiger partial charge < -0.3 is 0 Å². The molecule has 1 atom stereocenters. The Labute approximate surface area is 105 Å². The normalized spacial score (nSPS) is 13.3. The lowest BCUT2D eigenvalue weighted by Gasteiger charge is -2.18. The van der Waals surface area contributed by atoms with Crippen LogP contribution in [0, 0.1) is 28.9 Å². The molecule has 0 heterocycles. The van der Waals surface area contributed by atoms with Gasteiger partial charge in [-0.15, -0.1) is 0 Å². The van der Waals surface area contributed by atoms with Crippen molar-refractivity contribution in [1.82, 2.24) is 4.31 Å². The number of hydrogen-bond acceptors (Lipinski definition) is 3. The molecule has 1 rings (SSSR count). The van der Waals surface area contributed by atoms with Gasteiger partial charge in [-0.25, -0.2) is 17.2 Å². The average molecular weight is 274 g/mol. The SMILES string of the molecule is CC(C#N)CN(C)S(=O)(=O)c1ccc(F)c(F)c1. The summed E-state index contributed by atoms with van der Waals surface area (Å²) in [5.41, 5.74) is 0. The van der Waals surface area contributed by atoms with E-state index < -0.39 is 27.6 Å². The van der Waals surface area contributed by atoms with Gasteiger partial charge in [0.2, 0.25) is 10.0 Å². The molecule has 7 heteroatoms. The summed E-state index contributed by atoms with van der Waals surface area (Å²) in [7, 11) is -2.63. The minimum absolute atomic E-state index is 0.0160. The molecule has 0 radical (unpaired) electrons. The molecule has 0 saturated heterocycles. The quantitative estimate of drug-likeness (QED) is 0.840. The zero-order chi connectivity index (χ0) is 13.9. The van der Waals surface area contributed by atoms with E-state index in [4.69, 9.17) is 5.26 Å². The molecule has 18 heavy (non-hydrogen) atoms. The van der Waals surface area contributed by atoms with Crippen LogP contribution in [0.3, 0.4) is 0 Å². The summed E-state index contributed by atoms with van der Waals surface area (Å²) >= 11 is 0. The Hall–Kier alpha value is -1.52. The number of nitrogens with zero attached hydrogens (tertiary/aromatic N) is 2. The van der Waals surface area contributed by atoms with Gasteiger partial charge in [0.05, 0.1) is 16.9 Å². The van der Waals surface area contributed by atoms with E-state index >= 15 is 0 Å². The largest absolute Gasteiger partial charge is 0.242 e. The maximum Gasteiger partial charge on any atom is 0.242 e. The molecular weight excluding hydrogens is 262 g/mol. The number of hydrogen-bond donors (Lipinski definition) is 0. The van der Waals surface area contributed by atoms with E-state index in [-0.39, 0.29) is 11.4 Å². The molecule has 0 aromatic heterocycles. The Morgan fingerprint density at radius 3 is 2.50 bits per heavy atom. The van der Waals surface area contributed by atoms with E-state index in [0.29, 0.717) is 6.07 Å². The summed E-state index contributed by atoms with van der Waals surface area (Å²) in [6.45, 7) is 1.55. The first-order valence-corrected chi connectivity index (χ1v) is 6.54. The molecule has 1 aromatic rings. The molecule has 0 amide bonds. The Balaban J connectivity index is 3.06. The molecule has 0 saturated carbocycles. The van der Waals surface area contributed by atoms with Crippen molar-refractivity contribution in [3.05, 3.63) is 29.8 Å². The third kappa shape index (κ3) is 3.03. The third-order valence-corrected chi connectivity index (χ3v) is 4.17. The van der Waals surface area contributed by atoms with Crippen molar-refractivity contribution in [2.75, 3.05) is 13.6 Å². The summed E-state index contributed by atoms with van der Waals surface area (Å²) < 4.78 is 50.6. The zero-order valence-electron chi connectivity index (χ0n) is 9.89. The fourth-order valence-electron chi connectivity index (χ4n) is 1.34. The predicted molar refractivity (Wildman–Crippen MR) is 61.0 cm³/mol. The van der Waals surface area contributed by atoms with Crippen molar-refractivity contribution < 1.29 is 17.2 Å². The van der Waals surface area contributed by atoms with Crippen LogP contribution in [0.5, 0.6) is 0 Å². The minimum Gasteiger partial charge on any atom is -0.207 e. The molecule has 0 aliphatic carbocycles. The summed E-state index contributed by atoms with van der Waals surface area (Å²) in [6.07, 6.45) is 0. The predicted octanol–water partition coefficient (Wildman–Crippen LogP) is 1.74. The molecule has 0 N–H and O–H groups in total. The Morgan fingerprint density at radius 1 is 1.39 bits per heavy atom. The molecule has 1 aromatic carbocycles. The second kappa shape index (κ2) is 5.42. The second-order valence-electron chi connectivity index (χ2n) is 3.89. The monoisotopic (exact) mass is 274 g/mol. The maximum atomic E-state index is 13.0.